The van der Waals surface area contributed by atoms with Gasteiger partial charge in [-0.15, -0.1) is 0 Å². The summed E-state index contributed by atoms with van der Waals surface area (Å²) < 4.78 is 1.94. The Bertz CT molecular complexity index is 674. The number of aliphatic hydroxyl groups excluding tert-OH is 1. The third-order valence-corrected chi connectivity index (χ3v) is 3.09. The molecule has 0 unspecified atom stereocenters. The van der Waals surface area contributed by atoms with Gasteiger partial charge in [0, 0.05) is 17.3 Å². The molecule has 0 radical (unpaired) electrons. The van der Waals surface area contributed by atoms with Gasteiger partial charge in [-0.1, -0.05) is 48.5 Å². The first-order valence-electron chi connectivity index (χ1n) is 6.17. The maximum Gasteiger partial charge on any atom is 0.0999 e. The summed E-state index contributed by atoms with van der Waals surface area (Å²) in [6.07, 6.45) is 3.75. The summed E-state index contributed by atoms with van der Waals surface area (Å²) >= 11 is 0. The Kier molecular flexibility index (Phi) is 3.12. The van der Waals surface area contributed by atoms with Crippen molar-refractivity contribution in [3.63, 3.8) is 0 Å². The fraction of sp³-hybridized carbons (Fsp3) is 0.0625. The van der Waals surface area contributed by atoms with Gasteiger partial charge in [-0.05, 0) is 6.07 Å². The van der Waals surface area contributed by atoms with E-state index >= 15 is 0 Å². The standard InChI is InChI=1S/C16H14N2O/c19-11-14-8-4-5-9-16(14)18-10-15(17-12-18)13-6-2-1-3-7-13/h1-10,12,19H,11H2. The zero-order valence-electron chi connectivity index (χ0n) is 10.4. The van der Waals surface area contributed by atoms with Crippen molar-refractivity contribution in [2.75, 3.05) is 0 Å². The lowest BCUT2D eigenvalue weighted by Crippen LogP contribution is -1.96. The average molecular weight is 250 g/mol. The zero-order chi connectivity index (χ0) is 13.1. The lowest BCUT2D eigenvalue weighted by Gasteiger charge is -2.06. The Hall–Kier alpha value is -2.39. The van der Waals surface area contributed by atoms with Crippen molar-refractivity contribution in [3.8, 4) is 16.9 Å². The van der Waals surface area contributed by atoms with Gasteiger partial charge in [-0.2, -0.15) is 0 Å². The van der Waals surface area contributed by atoms with Crippen LogP contribution in [-0.2, 0) is 6.61 Å². The van der Waals surface area contributed by atoms with Crippen LogP contribution in [0.15, 0.2) is 67.1 Å². The lowest BCUT2D eigenvalue weighted by atomic mass is 10.1. The van der Waals surface area contributed by atoms with Crippen molar-refractivity contribution in [2.24, 2.45) is 0 Å². The molecule has 1 N–H and O–H groups in total. The highest BCUT2D eigenvalue weighted by Crippen LogP contribution is 2.20. The summed E-state index contributed by atoms with van der Waals surface area (Å²) in [6.45, 7) is 0.0228. The molecule has 1 heterocycles. The van der Waals surface area contributed by atoms with Gasteiger partial charge in [-0.3, -0.25) is 0 Å². The molecule has 3 aromatic rings. The second-order valence-corrected chi connectivity index (χ2v) is 4.32. The van der Waals surface area contributed by atoms with Crippen LogP contribution in [0.4, 0.5) is 0 Å². The molecule has 2 aromatic carbocycles. The summed E-state index contributed by atoms with van der Waals surface area (Å²) in [4.78, 5) is 4.42. The van der Waals surface area contributed by atoms with E-state index in [0.29, 0.717) is 0 Å². The van der Waals surface area contributed by atoms with Crippen molar-refractivity contribution in [1.82, 2.24) is 9.55 Å². The van der Waals surface area contributed by atoms with E-state index in [1.807, 2.05) is 65.4 Å². The van der Waals surface area contributed by atoms with Crippen LogP contribution in [0.2, 0.25) is 0 Å². The molecule has 19 heavy (non-hydrogen) atoms. The number of nitrogens with zero attached hydrogens (tertiary/aromatic N) is 2. The molecule has 0 atom stereocenters. The number of hydrogen-bond donors (Lipinski definition) is 1. The highest BCUT2D eigenvalue weighted by molar-refractivity contribution is 5.59. The minimum absolute atomic E-state index is 0.0228. The fourth-order valence-corrected chi connectivity index (χ4v) is 2.11. The molecule has 0 saturated carbocycles. The average Bonchev–Trinajstić information content (AvgIpc) is 2.98. The first-order chi connectivity index (χ1) is 9.38. The van der Waals surface area contributed by atoms with Gasteiger partial charge in [0.15, 0.2) is 0 Å². The number of benzene rings is 2. The smallest absolute Gasteiger partial charge is 0.0999 e. The highest BCUT2D eigenvalue weighted by atomic mass is 16.3. The van der Waals surface area contributed by atoms with Gasteiger partial charge in [0.05, 0.1) is 24.3 Å². The van der Waals surface area contributed by atoms with Gasteiger partial charge in [0.25, 0.3) is 0 Å². The maximum absolute atomic E-state index is 9.37. The van der Waals surface area contributed by atoms with Crippen LogP contribution in [0.1, 0.15) is 5.56 Å². The Labute approximate surface area is 111 Å². The van der Waals surface area contributed by atoms with Gasteiger partial charge >= 0.3 is 0 Å². The van der Waals surface area contributed by atoms with Gasteiger partial charge in [0.1, 0.15) is 0 Å². The van der Waals surface area contributed by atoms with Gasteiger partial charge < -0.3 is 9.67 Å². The SMILES string of the molecule is OCc1ccccc1-n1cnc(-c2ccccc2)c1. The van der Waals surface area contributed by atoms with Gasteiger partial charge in [0.2, 0.25) is 0 Å². The minimum atomic E-state index is 0.0228. The normalized spacial score (nSPS) is 10.6. The number of para-hydroxylation sites is 1. The predicted octanol–water partition coefficient (Wildman–Crippen LogP) is 3.03. The van der Waals surface area contributed by atoms with Crippen LogP contribution in [0.25, 0.3) is 16.9 Å². The number of aliphatic hydroxyl groups is 1. The molecule has 3 rings (SSSR count). The molecule has 3 nitrogen and oxygen atoms in total. The number of rotatable bonds is 3. The maximum atomic E-state index is 9.37. The molecule has 3 heteroatoms. The molecule has 0 aliphatic rings. The molecule has 0 fully saturated rings. The van der Waals surface area contributed by atoms with Gasteiger partial charge in [-0.25, -0.2) is 4.98 Å². The van der Waals surface area contributed by atoms with E-state index in [4.69, 9.17) is 0 Å². The third kappa shape index (κ3) is 2.28. The van der Waals surface area contributed by atoms with E-state index in [1.54, 1.807) is 6.33 Å². The van der Waals surface area contributed by atoms with Crippen molar-refractivity contribution in [1.29, 1.82) is 0 Å². The molecule has 0 aliphatic heterocycles. The summed E-state index contributed by atoms with van der Waals surface area (Å²) in [7, 11) is 0. The van der Waals surface area contributed by atoms with Crippen LogP contribution in [-0.4, -0.2) is 14.7 Å². The fourth-order valence-electron chi connectivity index (χ4n) is 2.11. The molecule has 0 amide bonds. The Morgan fingerprint density at radius 1 is 0.947 bits per heavy atom. The van der Waals surface area contributed by atoms with Crippen LogP contribution in [0.5, 0.6) is 0 Å². The van der Waals surface area contributed by atoms with Crippen molar-refractivity contribution < 1.29 is 5.11 Å². The van der Waals surface area contributed by atoms with Crippen LogP contribution < -0.4 is 0 Å². The van der Waals surface area contributed by atoms with E-state index in [9.17, 15) is 5.11 Å². The van der Waals surface area contributed by atoms with E-state index < -0.39 is 0 Å². The van der Waals surface area contributed by atoms with E-state index in [1.165, 1.54) is 0 Å². The van der Waals surface area contributed by atoms with Crippen molar-refractivity contribution in [3.05, 3.63) is 72.7 Å². The molecule has 0 spiro atoms. The third-order valence-electron chi connectivity index (χ3n) is 3.09. The largest absolute Gasteiger partial charge is 0.392 e. The Morgan fingerprint density at radius 3 is 2.47 bits per heavy atom. The molecule has 94 valence electrons. The quantitative estimate of drug-likeness (QED) is 0.776. The minimum Gasteiger partial charge on any atom is -0.392 e. The summed E-state index contributed by atoms with van der Waals surface area (Å²) in [6, 6.07) is 17.8. The van der Waals surface area contributed by atoms with E-state index in [0.717, 1.165) is 22.5 Å². The first-order valence-corrected chi connectivity index (χ1v) is 6.17. The van der Waals surface area contributed by atoms with Crippen molar-refractivity contribution >= 4 is 0 Å². The first kappa shape index (κ1) is 11.7. The van der Waals surface area contributed by atoms with Crippen LogP contribution >= 0.6 is 0 Å². The van der Waals surface area contributed by atoms with Crippen LogP contribution in [0, 0.1) is 0 Å². The van der Waals surface area contributed by atoms with E-state index in [-0.39, 0.29) is 6.61 Å². The summed E-state index contributed by atoms with van der Waals surface area (Å²) in [5.41, 5.74) is 3.86. The van der Waals surface area contributed by atoms with Crippen LogP contribution in [0.3, 0.4) is 0 Å². The molecule has 1 aromatic heterocycles. The second-order valence-electron chi connectivity index (χ2n) is 4.32. The second kappa shape index (κ2) is 5.08. The van der Waals surface area contributed by atoms with Crippen molar-refractivity contribution in [2.45, 2.75) is 6.61 Å². The molecular formula is C16H14N2O. The number of aromatic nitrogens is 2. The Morgan fingerprint density at radius 2 is 1.68 bits per heavy atom. The lowest BCUT2D eigenvalue weighted by molar-refractivity contribution is 0.281. The number of hydrogen-bond acceptors (Lipinski definition) is 2. The summed E-state index contributed by atoms with van der Waals surface area (Å²) in [5, 5.41) is 9.37. The van der Waals surface area contributed by atoms with E-state index in [2.05, 4.69) is 4.98 Å². The predicted molar refractivity (Wildman–Crippen MR) is 74.9 cm³/mol. The highest BCUT2D eigenvalue weighted by Gasteiger charge is 2.06. The Balaban J connectivity index is 2.02. The topological polar surface area (TPSA) is 38.0 Å². The zero-order valence-corrected chi connectivity index (χ0v) is 10.4. The molecule has 0 bridgehead atoms. The number of imidazole rings is 1. The summed E-state index contributed by atoms with van der Waals surface area (Å²) in [5.74, 6) is 0. The molecular weight excluding hydrogens is 236 g/mol. The molecule has 0 saturated heterocycles. The molecule has 0 aliphatic carbocycles. The monoisotopic (exact) mass is 250 g/mol.